The summed E-state index contributed by atoms with van der Waals surface area (Å²) in [4.78, 5) is 10.6. The molecule has 0 aromatic heterocycles. The number of ether oxygens (including phenoxy) is 1. The van der Waals surface area contributed by atoms with Crippen molar-refractivity contribution in [3.05, 3.63) is 23.8 Å². The van der Waals surface area contributed by atoms with Gasteiger partial charge in [0.15, 0.2) is 0 Å². The van der Waals surface area contributed by atoms with Gasteiger partial charge in [-0.1, -0.05) is 6.07 Å². The van der Waals surface area contributed by atoms with Crippen LogP contribution in [0, 0.1) is 0 Å². The Morgan fingerprint density at radius 2 is 2.21 bits per heavy atom. The molecule has 2 N–H and O–H groups in total. The molecule has 1 rings (SSSR count). The monoisotopic (exact) mass is 203 g/mol. The number of hydrogen-bond acceptors (Lipinski definition) is 4. The van der Waals surface area contributed by atoms with Gasteiger partial charge in [0, 0.05) is 5.69 Å². The average Bonchev–Trinajstić information content (AvgIpc) is 2.04. The maximum absolute atomic E-state index is 10.6. The van der Waals surface area contributed by atoms with Crippen molar-refractivity contribution >= 4 is 11.7 Å². The van der Waals surface area contributed by atoms with Gasteiger partial charge in [0.2, 0.25) is 0 Å². The zero-order valence-electron chi connectivity index (χ0n) is 8.24. The predicted octanol–water partition coefficient (Wildman–Crippen LogP) is -2.96. The van der Waals surface area contributed by atoms with E-state index in [0.717, 1.165) is 0 Å². The average molecular weight is 203 g/mol. The second-order valence-electron chi connectivity index (χ2n) is 2.44. The molecular formula is C9H10NNaO3. The summed E-state index contributed by atoms with van der Waals surface area (Å²) in [6.45, 7) is 2.16. The van der Waals surface area contributed by atoms with Crippen molar-refractivity contribution < 1.29 is 44.2 Å². The molecule has 0 bridgehead atoms. The zero-order chi connectivity index (χ0) is 9.84. The molecule has 0 spiro atoms. The molecule has 0 saturated heterocycles. The molecule has 0 atom stereocenters. The third kappa shape index (κ3) is 2.90. The second kappa shape index (κ2) is 5.90. The molecule has 1 aromatic carbocycles. The van der Waals surface area contributed by atoms with Crippen molar-refractivity contribution in [1.29, 1.82) is 0 Å². The van der Waals surface area contributed by atoms with E-state index in [0.29, 0.717) is 6.61 Å². The smallest absolute Gasteiger partial charge is 0.545 e. The number of nitrogen functional groups attached to an aromatic ring is 1. The molecule has 0 aliphatic rings. The Morgan fingerprint density at radius 3 is 2.71 bits per heavy atom. The minimum atomic E-state index is -1.32. The molecule has 14 heavy (non-hydrogen) atoms. The fourth-order valence-electron chi connectivity index (χ4n) is 1.04. The van der Waals surface area contributed by atoms with Gasteiger partial charge >= 0.3 is 29.6 Å². The third-order valence-corrected chi connectivity index (χ3v) is 1.56. The van der Waals surface area contributed by atoms with E-state index in [2.05, 4.69) is 0 Å². The van der Waals surface area contributed by atoms with Crippen LogP contribution in [0.3, 0.4) is 0 Å². The van der Waals surface area contributed by atoms with Crippen LogP contribution in [0.1, 0.15) is 17.3 Å². The van der Waals surface area contributed by atoms with E-state index < -0.39 is 5.97 Å². The summed E-state index contributed by atoms with van der Waals surface area (Å²) in [5.41, 5.74) is 5.53. The number of anilines is 1. The van der Waals surface area contributed by atoms with Crippen LogP contribution in [0.5, 0.6) is 5.75 Å². The van der Waals surface area contributed by atoms with Gasteiger partial charge in [-0.05, 0) is 19.1 Å². The SMILES string of the molecule is CCOc1cccc(N)c1C(=O)[O-].[Na+]. The van der Waals surface area contributed by atoms with Crippen LogP contribution in [0.4, 0.5) is 5.69 Å². The molecule has 0 saturated carbocycles. The number of carbonyl (C=O) groups excluding carboxylic acids is 1. The molecule has 0 unspecified atom stereocenters. The maximum Gasteiger partial charge on any atom is 1.00 e. The van der Waals surface area contributed by atoms with Crippen LogP contribution in [-0.2, 0) is 0 Å². The first-order chi connectivity index (χ1) is 6.16. The van der Waals surface area contributed by atoms with E-state index in [1.807, 2.05) is 0 Å². The molecule has 0 aliphatic heterocycles. The summed E-state index contributed by atoms with van der Waals surface area (Å²) in [6.07, 6.45) is 0. The summed E-state index contributed by atoms with van der Waals surface area (Å²) >= 11 is 0. The van der Waals surface area contributed by atoms with Crippen LogP contribution in [0.15, 0.2) is 18.2 Å². The summed E-state index contributed by atoms with van der Waals surface area (Å²) in [6, 6.07) is 4.67. The Bertz CT molecular complexity index is 328. The molecule has 70 valence electrons. The molecule has 5 heteroatoms. The van der Waals surface area contributed by atoms with Crippen molar-refractivity contribution in [2.75, 3.05) is 12.3 Å². The summed E-state index contributed by atoms with van der Waals surface area (Å²) in [5.74, 6) is -1.07. The van der Waals surface area contributed by atoms with E-state index >= 15 is 0 Å². The van der Waals surface area contributed by atoms with E-state index in [9.17, 15) is 9.90 Å². The molecule has 0 amide bonds. The fraction of sp³-hybridized carbons (Fsp3) is 0.222. The Hall–Kier alpha value is -0.710. The van der Waals surface area contributed by atoms with Gasteiger partial charge in [-0.15, -0.1) is 0 Å². The number of carboxylic acids is 1. The van der Waals surface area contributed by atoms with Gasteiger partial charge in [-0.3, -0.25) is 0 Å². The fourth-order valence-corrected chi connectivity index (χ4v) is 1.04. The van der Waals surface area contributed by atoms with Crippen LogP contribution < -0.4 is 45.1 Å². The minimum absolute atomic E-state index is 0. The molecule has 0 aliphatic carbocycles. The first-order valence-electron chi connectivity index (χ1n) is 3.89. The quantitative estimate of drug-likeness (QED) is 0.420. The normalized spacial score (nSPS) is 8.93. The third-order valence-electron chi connectivity index (χ3n) is 1.56. The molecule has 4 nitrogen and oxygen atoms in total. The number of carbonyl (C=O) groups is 1. The van der Waals surface area contributed by atoms with Crippen molar-refractivity contribution in [3.8, 4) is 5.75 Å². The molecule has 0 fully saturated rings. The summed E-state index contributed by atoms with van der Waals surface area (Å²) < 4.78 is 5.08. The van der Waals surface area contributed by atoms with Crippen molar-refractivity contribution in [2.45, 2.75) is 6.92 Å². The molecule has 0 radical (unpaired) electrons. The topological polar surface area (TPSA) is 75.4 Å². The van der Waals surface area contributed by atoms with Gasteiger partial charge in [-0.2, -0.15) is 0 Å². The second-order valence-corrected chi connectivity index (χ2v) is 2.44. The predicted molar refractivity (Wildman–Crippen MR) is 46.4 cm³/mol. The number of hydrogen-bond donors (Lipinski definition) is 1. The van der Waals surface area contributed by atoms with Gasteiger partial charge in [0.1, 0.15) is 5.75 Å². The Morgan fingerprint density at radius 1 is 1.57 bits per heavy atom. The number of carboxylic acid groups (broad SMARTS) is 1. The zero-order valence-corrected chi connectivity index (χ0v) is 10.2. The summed E-state index contributed by atoms with van der Waals surface area (Å²) in [5, 5.41) is 10.6. The standard InChI is InChI=1S/C9H11NO3.Na/c1-2-13-7-5-3-4-6(10)8(7)9(11)12;/h3-5H,2,10H2,1H3,(H,11,12);/q;+1/p-1. The van der Waals surface area contributed by atoms with Crippen molar-refractivity contribution in [1.82, 2.24) is 0 Å². The minimum Gasteiger partial charge on any atom is -0.545 e. The van der Waals surface area contributed by atoms with Gasteiger partial charge in [0.25, 0.3) is 0 Å². The van der Waals surface area contributed by atoms with Crippen LogP contribution >= 0.6 is 0 Å². The Balaban J connectivity index is 0.00000169. The van der Waals surface area contributed by atoms with Gasteiger partial charge in [0.05, 0.1) is 18.1 Å². The van der Waals surface area contributed by atoms with E-state index in [1.54, 1.807) is 19.1 Å². The van der Waals surface area contributed by atoms with Gasteiger partial charge in [-0.25, -0.2) is 0 Å². The number of aromatic carboxylic acids is 1. The van der Waals surface area contributed by atoms with E-state index in [1.165, 1.54) is 6.07 Å². The van der Waals surface area contributed by atoms with Crippen molar-refractivity contribution in [3.63, 3.8) is 0 Å². The number of rotatable bonds is 3. The maximum atomic E-state index is 10.6. The van der Waals surface area contributed by atoms with Crippen molar-refractivity contribution in [2.24, 2.45) is 0 Å². The van der Waals surface area contributed by atoms with E-state index in [4.69, 9.17) is 10.5 Å². The largest absolute Gasteiger partial charge is 1.00 e. The van der Waals surface area contributed by atoms with Crippen LogP contribution in [-0.4, -0.2) is 12.6 Å². The Kier molecular flexibility index (Phi) is 5.60. The first-order valence-corrected chi connectivity index (χ1v) is 3.89. The molecular weight excluding hydrogens is 193 g/mol. The molecule has 1 aromatic rings. The Labute approximate surface area is 104 Å². The molecule has 0 heterocycles. The number of nitrogens with two attached hydrogens (primary N) is 1. The van der Waals surface area contributed by atoms with E-state index in [-0.39, 0.29) is 46.6 Å². The van der Waals surface area contributed by atoms with Crippen LogP contribution in [0.2, 0.25) is 0 Å². The van der Waals surface area contributed by atoms with Crippen LogP contribution in [0.25, 0.3) is 0 Å². The summed E-state index contributed by atoms with van der Waals surface area (Å²) in [7, 11) is 0. The van der Waals surface area contributed by atoms with Gasteiger partial charge < -0.3 is 20.4 Å². The number of benzene rings is 1. The first kappa shape index (κ1) is 13.3.